The van der Waals surface area contributed by atoms with Crippen LogP contribution in [0, 0.1) is 0 Å². The number of carbonyl (C=O) groups is 5. The lowest BCUT2D eigenvalue weighted by atomic mass is 10.2. The number of rotatable bonds is 21. The minimum atomic E-state index is -0.604. The second-order valence-corrected chi connectivity index (χ2v) is 8.66. The Morgan fingerprint density at radius 1 is 0.667 bits per heavy atom. The van der Waals surface area contributed by atoms with E-state index in [-0.39, 0.29) is 57.1 Å². The fraction of sp³-hybridized carbons (Fsp3) is 0.640. The smallest absolute Gasteiger partial charge is 0.246 e. The Kier molecular flexibility index (Phi) is 20.7. The van der Waals surface area contributed by atoms with Crippen molar-refractivity contribution >= 4 is 29.5 Å². The lowest BCUT2D eigenvalue weighted by Gasteiger charge is -2.13. The van der Waals surface area contributed by atoms with Crippen LogP contribution in [-0.4, -0.2) is 99.6 Å². The summed E-state index contributed by atoms with van der Waals surface area (Å²) in [7, 11) is 0. The average Bonchev–Trinajstić information content (AvgIpc) is 2.91. The minimum Gasteiger partial charge on any atom is -0.356 e. The van der Waals surface area contributed by atoms with Gasteiger partial charge in [0.15, 0.2) is 0 Å². The van der Waals surface area contributed by atoms with Gasteiger partial charge in [0, 0.05) is 52.2 Å². The van der Waals surface area contributed by atoms with Crippen molar-refractivity contribution < 1.29 is 39.6 Å². The van der Waals surface area contributed by atoms with Crippen LogP contribution in [0.1, 0.15) is 64.7 Å². The lowest BCUT2D eigenvalue weighted by molar-refractivity contribution is -0.163. The van der Waals surface area contributed by atoms with Gasteiger partial charge in [-0.3, -0.25) is 39.6 Å². The molecule has 0 radical (unpaired) electrons. The van der Waals surface area contributed by atoms with Crippen molar-refractivity contribution in [2.24, 2.45) is 5.73 Å². The van der Waals surface area contributed by atoms with Gasteiger partial charge >= 0.3 is 0 Å². The third-order valence-electron chi connectivity index (χ3n) is 5.30. The fourth-order valence-corrected chi connectivity index (χ4v) is 3.00. The third kappa shape index (κ3) is 20.3. The zero-order valence-electron chi connectivity index (χ0n) is 22.7. The molecule has 14 nitrogen and oxygen atoms in total. The minimum absolute atomic E-state index is 0.0273. The first-order valence-corrected chi connectivity index (χ1v) is 13.1. The van der Waals surface area contributed by atoms with Crippen molar-refractivity contribution in [3.05, 3.63) is 24.3 Å². The molecule has 7 N–H and O–H groups in total. The van der Waals surface area contributed by atoms with Crippen LogP contribution >= 0.6 is 0 Å². The largest absolute Gasteiger partial charge is 0.356 e. The van der Waals surface area contributed by atoms with Gasteiger partial charge in [-0.15, -0.1) is 0 Å². The molecule has 0 spiro atoms. The van der Waals surface area contributed by atoms with Gasteiger partial charge in [0.1, 0.15) is 0 Å². The molecule has 0 unspecified atom stereocenters. The van der Waals surface area contributed by atoms with Crippen LogP contribution in [0.5, 0.6) is 0 Å². The van der Waals surface area contributed by atoms with Crippen molar-refractivity contribution in [2.75, 3.05) is 39.3 Å². The number of nitrogens with zero attached hydrogens (tertiary/aromatic N) is 3. The van der Waals surface area contributed by atoms with Crippen LogP contribution in [0.2, 0.25) is 0 Å². The molecule has 0 rings (SSSR count). The molecule has 0 saturated heterocycles. The number of carbonyl (C=O) groups excluding carboxylic acids is 5. The molecule has 0 aliphatic rings. The molecule has 0 aliphatic heterocycles. The van der Waals surface area contributed by atoms with Gasteiger partial charge in [-0.2, -0.15) is 0 Å². The number of nitrogens with one attached hydrogen (secondary N) is 2. The number of hydrogen-bond acceptors (Lipinski definition) is 9. The van der Waals surface area contributed by atoms with E-state index in [0.29, 0.717) is 66.9 Å². The molecule has 39 heavy (non-hydrogen) atoms. The van der Waals surface area contributed by atoms with Crippen LogP contribution in [-0.2, 0) is 24.0 Å². The topological polar surface area (TPSA) is 206 Å². The SMILES string of the molecule is CC(=O)N(O)CCCCCNC(=O)CCC(=O)N(O)C/C=C/CCNC(=O)CCC(=O)N(O)C/C=C/CCN. The van der Waals surface area contributed by atoms with E-state index in [1.54, 1.807) is 24.3 Å². The molecular formula is C25H44N6O8. The predicted octanol–water partition coefficient (Wildman–Crippen LogP) is 0.474. The summed E-state index contributed by atoms with van der Waals surface area (Å²) in [5.41, 5.74) is 5.34. The summed E-state index contributed by atoms with van der Waals surface area (Å²) in [4.78, 5) is 58.2. The van der Waals surface area contributed by atoms with E-state index in [9.17, 15) is 39.6 Å². The van der Waals surface area contributed by atoms with Gasteiger partial charge in [-0.25, -0.2) is 15.2 Å². The number of unbranched alkanes of at least 4 members (excludes halogenated alkanes) is 2. The van der Waals surface area contributed by atoms with Crippen molar-refractivity contribution in [3.8, 4) is 0 Å². The molecular weight excluding hydrogens is 512 g/mol. The Labute approximate surface area is 229 Å². The first-order valence-electron chi connectivity index (χ1n) is 13.1. The second-order valence-electron chi connectivity index (χ2n) is 8.66. The number of amides is 5. The maximum atomic E-state index is 11.9. The highest BCUT2D eigenvalue weighted by molar-refractivity contribution is 5.83. The van der Waals surface area contributed by atoms with Crippen LogP contribution in [0.25, 0.3) is 0 Å². The van der Waals surface area contributed by atoms with Crippen LogP contribution in [0.15, 0.2) is 24.3 Å². The quantitative estimate of drug-likeness (QED) is 0.0502. The maximum absolute atomic E-state index is 11.9. The van der Waals surface area contributed by atoms with Crippen molar-refractivity contribution in [3.63, 3.8) is 0 Å². The molecule has 0 aromatic carbocycles. The van der Waals surface area contributed by atoms with E-state index in [1.807, 2.05) is 0 Å². The Morgan fingerprint density at radius 3 is 1.69 bits per heavy atom. The van der Waals surface area contributed by atoms with Gasteiger partial charge in [0.25, 0.3) is 0 Å². The highest BCUT2D eigenvalue weighted by atomic mass is 16.5. The summed E-state index contributed by atoms with van der Waals surface area (Å²) in [6, 6.07) is 0. The molecule has 0 aliphatic carbocycles. The first kappa shape index (κ1) is 35.7. The molecule has 0 aromatic rings. The van der Waals surface area contributed by atoms with E-state index < -0.39 is 17.7 Å². The van der Waals surface area contributed by atoms with Crippen LogP contribution < -0.4 is 16.4 Å². The molecule has 0 aromatic heterocycles. The molecule has 0 atom stereocenters. The summed E-state index contributed by atoms with van der Waals surface area (Å²) in [5.74, 6) is -2.25. The summed E-state index contributed by atoms with van der Waals surface area (Å²) in [5, 5.41) is 35.7. The van der Waals surface area contributed by atoms with E-state index in [0.717, 1.165) is 0 Å². The molecule has 5 amide bonds. The standard InChI is InChI=1S/C25H44N6O8/c1-21(32)29(37)18-9-3-6-16-27-22(33)12-14-25(36)31(39)20-10-4-7-17-28-23(34)11-13-24(35)30(38)19-8-2-5-15-26/h2,4,8,10,37-39H,3,5-7,9,11-20,26H2,1H3,(H,27,33)(H,28,34)/b8-2+,10-4+. The maximum Gasteiger partial charge on any atom is 0.246 e. The number of nitrogens with two attached hydrogens (primary N) is 1. The third-order valence-corrected chi connectivity index (χ3v) is 5.30. The summed E-state index contributed by atoms with van der Waals surface area (Å²) >= 11 is 0. The highest BCUT2D eigenvalue weighted by Crippen LogP contribution is 2.00. The van der Waals surface area contributed by atoms with Crippen LogP contribution in [0.3, 0.4) is 0 Å². The molecule has 0 saturated carbocycles. The molecule has 14 heteroatoms. The molecule has 0 fully saturated rings. The van der Waals surface area contributed by atoms with E-state index in [4.69, 9.17) is 5.73 Å². The Balaban J connectivity index is 3.88. The lowest BCUT2D eigenvalue weighted by Crippen LogP contribution is -2.30. The van der Waals surface area contributed by atoms with Crippen molar-refractivity contribution in [1.82, 2.24) is 25.8 Å². The summed E-state index contributed by atoms with van der Waals surface area (Å²) < 4.78 is 0. The summed E-state index contributed by atoms with van der Waals surface area (Å²) in [6.45, 7) is 2.63. The second kappa shape index (κ2) is 22.6. The summed E-state index contributed by atoms with van der Waals surface area (Å²) in [6.07, 6.45) is 9.22. The zero-order valence-corrected chi connectivity index (χ0v) is 22.7. The molecule has 0 heterocycles. The van der Waals surface area contributed by atoms with Crippen molar-refractivity contribution in [2.45, 2.75) is 64.7 Å². The van der Waals surface area contributed by atoms with Gasteiger partial charge < -0.3 is 16.4 Å². The first-order chi connectivity index (χ1) is 18.6. The average molecular weight is 557 g/mol. The van der Waals surface area contributed by atoms with Crippen LogP contribution in [0.4, 0.5) is 0 Å². The van der Waals surface area contributed by atoms with Crippen molar-refractivity contribution in [1.29, 1.82) is 0 Å². The highest BCUT2D eigenvalue weighted by Gasteiger charge is 2.13. The van der Waals surface area contributed by atoms with E-state index in [2.05, 4.69) is 10.6 Å². The van der Waals surface area contributed by atoms with E-state index >= 15 is 0 Å². The predicted molar refractivity (Wildman–Crippen MR) is 141 cm³/mol. The monoisotopic (exact) mass is 556 g/mol. The van der Waals surface area contributed by atoms with E-state index in [1.165, 1.54) is 6.92 Å². The van der Waals surface area contributed by atoms with Gasteiger partial charge in [0.2, 0.25) is 29.5 Å². The van der Waals surface area contributed by atoms with Gasteiger partial charge in [-0.05, 0) is 38.6 Å². The molecule has 0 bridgehead atoms. The van der Waals surface area contributed by atoms with Gasteiger partial charge in [-0.1, -0.05) is 24.3 Å². The molecule has 222 valence electrons. The number of hydroxylamine groups is 6. The van der Waals surface area contributed by atoms with Gasteiger partial charge in [0.05, 0.1) is 13.1 Å². The zero-order chi connectivity index (χ0) is 29.5. The normalized spacial score (nSPS) is 11.0. The fourth-order valence-electron chi connectivity index (χ4n) is 3.00. The Bertz CT molecular complexity index is 820. The number of hydrogen-bond donors (Lipinski definition) is 6. The Morgan fingerprint density at radius 2 is 1.18 bits per heavy atom. The Hall–Kier alpha value is -3.33.